The van der Waals surface area contributed by atoms with Crippen molar-refractivity contribution in [3.8, 4) is 0 Å². The lowest BCUT2D eigenvalue weighted by atomic mass is 9.89. The molecule has 1 fully saturated rings. The fourth-order valence-electron chi connectivity index (χ4n) is 4.39. The van der Waals surface area contributed by atoms with Gasteiger partial charge in [-0.3, -0.25) is 9.59 Å². The molecule has 35 heavy (non-hydrogen) atoms. The van der Waals surface area contributed by atoms with E-state index in [2.05, 4.69) is 5.32 Å². The second kappa shape index (κ2) is 10.8. The van der Waals surface area contributed by atoms with E-state index in [4.69, 9.17) is 23.2 Å². The van der Waals surface area contributed by atoms with Crippen LogP contribution in [0, 0.1) is 12.7 Å². The zero-order valence-electron chi connectivity index (χ0n) is 19.2. The summed E-state index contributed by atoms with van der Waals surface area (Å²) in [7, 11) is 0. The highest BCUT2D eigenvalue weighted by atomic mass is 35.5. The predicted molar refractivity (Wildman–Crippen MR) is 135 cm³/mol. The summed E-state index contributed by atoms with van der Waals surface area (Å²) in [6, 6.07) is 11.6. The van der Waals surface area contributed by atoms with E-state index in [0.29, 0.717) is 36.6 Å². The Labute approximate surface area is 212 Å². The van der Waals surface area contributed by atoms with E-state index in [0.717, 1.165) is 15.7 Å². The maximum atomic E-state index is 13.6. The summed E-state index contributed by atoms with van der Waals surface area (Å²) >= 11 is 12.5. The Hall–Kier alpha value is -2.90. The van der Waals surface area contributed by atoms with Crippen molar-refractivity contribution in [2.45, 2.75) is 32.2 Å². The average Bonchev–Trinajstić information content (AvgIpc) is 2.85. The lowest BCUT2D eigenvalue weighted by molar-refractivity contribution is 0.0713. The first-order valence-electron chi connectivity index (χ1n) is 11.3. The van der Waals surface area contributed by atoms with Crippen LogP contribution in [0.15, 0.2) is 53.5 Å². The van der Waals surface area contributed by atoms with Gasteiger partial charge >= 0.3 is 0 Å². The van der Waals surface area contributed by atoms with Crippen LogP contribution in [0.25, 0.3) is 0 Å². The van der Waals surface area contributed by atoms with Crippen molar-refractivity contribution in [1.82, 2.24) is 9.47 Å². The second-order valence-corrected chi connectivity index (χ2v) is 9.44. The molecule has 2 heterocycles. The van der Waals surface area contributed by atoms with E-state index in [1.807, 2.05) is 6.92 Å². The fraction of sp³-hybridized carbons (Fsp3) is 0.308. The number of amides is 1. The lowest BCUT2D eigenvalue weighted by Crippen LogP contribution is -2.39. The highest BCUT2D eigenvalue weighted by Gasteiger charge is 2.28. The number of nitrogens with one attached hydrogen (secondary N) is 1. The maximum Gasteiger partial charge on any atom is 0.271 e. The van der Waals surface area contributed by atoms with Gasteiger partial charge < -0.3 is 14.8 Å². The predicted octanol–water partition coefficient (Wildman–Crippen LogP) is 6.34. The molecule has 4 rings (SSSR count). The zero-order chi connectivity index (χ0) is 25.1. The number of likely N-dealkylation sites (tertiary alicyclic amines) is 1. The monoisotopic (exact) mass is 519 g/mol. The minimum Gasteiger partial charge on any atom is -0.353 e. The number of pyridine rings is 1. The van der Waals surface area contributed by atoms with Crippen LogP contribution in [-0.4, -0.2) is 35.1 Å². The lowest BCUT2D eigenvalue weighted by Gasteiger charge is -2.33. The van der Waals surface area contributed by atoms with Gasteiger partial charge in [0, 0.05) is 30.0 Å². The molecule has 0 radical (unpaired) electrons. The number of rotatable bonds is 6. The molecular weight excluding hydrogens is 495 g/mol. The van der Waals surface area contributed by atoms with Gasteiger partial charge in [-0.2, -0.15) is 0 Å². The Balaban J connectivity index is 1.63. The number of aromatic nitrogens is 1. The molecular formula is C26H25Cl2F2N3O2. The van der Waals surface area contributed by atoms with Gasteiger partial charge in [0.05, 0.1) is 17.8 Å². The number of hydrogen-bond donors (Lipinski definition) is 1. The normalized spacial score (nSPS) is 14.3. The number of carbonyl (C=O) groups excluding carboxylic acids is 1. The number of alkyl halides is 1. The molecule has 184 valence electrons. The van der Waals surface area contributed by atoms with Crippen LogP contribution in [-0.2, 0) is 6.54 Å². The van der Waals surface area contributed by atoms with Gasteiger partial charge in [-0.15, -0.1) is 0 Å². The second-order valence-electron chi connectivity index (χ2n) is 8.62. The van der Waals surface area contributed by atoms with E-state index in [9.17, 15) is 18.4 Å². The molecule has 0 unspecified atom stereocenters. The van der Waals surface area contributed by atoms with Crippen LogP contribution in [0.4, 0.5) is 20.2 Å². The molecule has 1 aliphatic heterocycles. The molecule has 9 heteroatoms. The molecule has 1 aromatic heterocycles. The number of carbonyl (C=O) groups is 1. The maximum absolute atomic E-state index is 13.6. The van der Waals surface area contributed by atoms with Gasteiger partial charge in [0.1, 0.15) is 17.5 Å². The standard InChI is InChI=1S/C26H25Cl2F2N3O2/c1-16-14-19(27)4-7-22(16)31-24-21(15-33(13-10-29)26(35)23(24)28)25(34)32-11-8-18(9-12-32)17-2-5-20(30)6-3-17/h2-7,14-15,18,31H,8-13H2,1H3. The van der Waals surface area contributed by atoms with E-state index in [1.165, 1.54) is 18.3 Å². The third-order valence-corrected chi connectivity index (χ3v) is 6.94. The molecule has 0 atom stereocenters. The summed E-state index contributed by atoms with van der Waals surface area (Å²) in [5.41, 5.74) is 2.28. The SMILES string of the molecule is Cc1cc(Cl)ccc1Nc1c(C(=O)N2CCC(c3ccc(F)cc3)CC2)cn(CCF)c(=O)c1Cl. The zero-order valence-corrected chi connectivity index (χ0v) is 20.7. The highest BCUT2D eigenvalue weighted by Crippen LogP contribution is 2.33. The Morgan fingerprint density at radius 3 is 2.43 bits per heavy atom. The Morgan fingerprint density at radius 2 is 1.80 bits per heavy atom. The van der Waals surface area contributed by atoms with Gasteiger partial charge in [-0.05, 0) is 67.1 Å². The van der Waals surface area contributed by atoms with Crippen molar-refractivity contribution in [2.24, 2.45) is 0 Å². The number of aryl methyl sites for hydroxylation is 2. The number of benzene rings is 2. The number of halogens is 4. The first kappa shape index (κ1) is 25.2. The van der Waals surface area contributed by atoms with E-state index < -0.39 is 12.2 Å². The molecule has 0 bridgehead atoms. The summed E-state index contributed by atoms with van der Waals surface area (Å²) in [5, 5.41) is 3.50. The molecule has 1 amide bonds. The minimum atomic E-state index is -0.768. The fourth-order valence-corrected chi connectivity index (χ4v) is 4.88. The third-order valence-electron chi connectivity index (χ3n) is 6.35. The van der Waals surface area contributed by atoms with Gasteiger partial charge in [0.25, 0.3) is 11.5 Å². The summed E-state index contributed by atoms with van der Waals surface area (Å²) < 4.78 is 27.5. The molecule has 0 aliphatic carbocycles. The van der Waals surface area contributed by atoms with Crippen LogP contribution in [0.2, 0.25) is 10.0 Å². The molecule has 0 saturated carbocycles. The van der Waals surface area contributed by atoms with E-state index >= 15 is 0 Å². The molecule has 1 N–H and O–H groups in total. The van der Waals surface area contributed by atoms with Crippen molar-refractivity contribution >= 4 is 40.5 Å². The molecule has 5 nitrogen and oxygen atoms in total. The van der Waals surface area contributed by atoms with Crippen molar-refractivity contribution in [1.29, 1.82) is 0 Å². The van der Waals surface area contributed by atoms with Crippen molar-refractivity contribution in [3.05, 3.63) is 91.6 Å². The average molecular weight is 520 g/mol. The Bertz CT molecular complexity index is 1290. The number of hydrogen-bond acceptors (Lipinski definition) is 3. The van der Waals surface area contributed by atoms with Crippen LogP contribution in [0.5, 0.6) is 0 Å². The van der Waals surface area contributed by atoms with E-state index in [-0.39, 0.29) is 40.5 Å². The van der Waals surface area contributed by atoms with Crippen LogP contribution in [0.3, 0.4) is 0 Å². The summed E-state index contributed by atoms with van der Waals surface area (Å²) in [6.07, 6.45) is 2.80. The van der Waals surface area contributed by atoms with Crippen LogP contribution < -0.4 is 10.9 Å². The molecule has 1 aliphatic rings. The third kappa shape index (κ3) is 5.52. The first-order valence-corrected chi connectivity index (χ1v) is 12.1. The Kier molecular flexibility index (Phi) is 7.77. The van der Waals surface area contributed by atoms with Gasteiger partial charge in [-0.25, -0.2) is 8.78 Å². The van der Waals surface area contributed by atoms with Gasteiger partial charge in [0.2, 0.25) is 0 Å². The van der Waals surface area contributed by atoms with Gasteiger partial charge in [0.15, 0.2) is 0 Å². The molecule has 2 aromatic carbocycles. The Morgan fingerprint density at radius 1 is 1.11 bits per heavy atom. The summed E-state index contributed by atoms with van der Waals surface area (Å²) in [6.45, 7) is 1.84. The van der Waals surface area contributed by atoms with Crippen molar-refractivity contribution in [2.75, 3.05) is 25.1 Å². The molecule has 1 saturated heterocycles. The quantitative estimate of drug-likeness (QED) is 0.413. The summed E-state index contributed by atoms with van der Waals surface area (Å²) in [5.74, 6) is -0.359. The number of nitrogens with zero attached hydrogens (tertiary/aromatic N) is 2. The highest BCUT2D eigenvalue weighted by molar-refractivity contribution is 6.34. The topological polar surface area (TPSA) is 54.3 Å². The van der Waals surface area contributed by atoms with Crippen molar-refractivity contribution in [3.63, 3.8) is 0 Å². The van der Waals surface area contributed by atoms with Crippen molar-refractivity contribution < 1.29 is 13.6 Å². The summed E-state index contributed by atoms with van der Waals surface area (Å²) in [4.78, 5) is 28.0. The van der Waals surface area contributed by atoms with Crippen LogP contribution in [0.1, 0.15) is 40.2 Å². The minimum absolute atomic E-state index is 0.181. The molecule has 3 aromatic rings. The first-order chi connectivity index (χ1) is 16.8. The van der Waals surface area contributed by atoms with Gasteiger partial charge in [-0.1, -0.05) is 35.3 Å². The largest absolute Gasteiger partial charge is 0.353 e. The van der Waals surface area contributed by atoms with E-state index in [1.54, 1.807) is 35.2 Å². The number of anilines is 2. The van der Waals surface area contributed by atoms with Crippen LogP contribution >= 0.6 is 23.2 Å². The molecule has 0 spiro atoms. The smallest absolute Gasteiger partial charge is 0.271 e. The number of piperidine rings is 1.